The van der Waals surface area contributed by atoms with Crippen LogP contribution in [-0.2, 0) is 14.8 Å². The minimum Gasteiger partial charge on any atom is -0.456 e. The Morgan fingerprint density at radius 2 is 1.67 bits per heavy atom. The average Bonchev–Trinajstić information content (AvgIpc) is 3.13. The molecule has 0 saturated carbocycles. The van der Waals surface area contributed by atoms with Gasteiger partial charge in [0.2, 0.25) is 15.9 Å². The molecule has 0 aliphatic carbocycles. The van der Waals surface area contributed by atoms with Gasteiger partial charge in [-0.3, -0.25) is 9.10 Å². The second kappa shape index (κ2) is 9.27. The minimum atomic E-state index is -3.48. The van der Waals surface area contributed by atoms with Crippen LogP contribution in [0.25, 0.3) is 21.9 Å². The van der Waals surface area contributed by atoms with E-state index >= 15 is 0 Å². The lowest BCUT2D eigenvalue weighted by molar-refractivity contribution is -0.116. The van der Waals surface area contributed by atoms with Crippen LogP contribution in [0.2, 0.25) is 0 Å². The van der Waals surface area contributed by atoms with Crippen LogP contribution < -0.4 is 9.62 Å². The number of hydrogen-bond acceptors (Lipinski definition) is 4. The molecular weight excluding hydrogens is 436 g/mol. The maximum absolute atomic E-state index is 12.6. The summed E-state index contributed by atoms with van der Waals surface area (Å²) in [5, 5.41) is 4.92. The largest absolute Gasteiger partial charge is 0.456 e. The van der Waals surface area contributed by atoms with Crippen LogP contribution >= 0.6 is 0 Å². The molecule has 33 heavy (non-hydrogen) atoms. The highest BCUT2D eigenvalue weighted by Crippen LogP contribution is 2.31. The van der Waals surface area contributed by atoms with Crippen molar-refractivity contribution in [2.45, 2.75) is 32.6 Å². The van der Waals surface area contributed by atoms with Crippen molar-refractivity contribution in [3.63, 3.8) is 0 Å². The van der Waals surface area contributed by atoms with Crippen molar-refractivity contribution in [3.8, 4) is 0 Å². The predicted molar refractivity (Wildman–Crippen MR) is 134 cm³/mol. The van der Waals surface area contributed by atoms with Crippen LogP contribution in [0.3, 0.4) is 0 Å². The first-order valence-electron chi connectivity index (χ1n) is 11.0. The first-order valence-corrected chi connectivity index (χ1v) is 12.9. The molecule has 1 N–H and O–H groups in total. The van der Waals surface area contributed by atoms with E-state index in [0.717, 1.165) is 21.9 Å². The van der Waals surface area contributed by atoms with Gasteiger partial charge in [0.1, 0.15) is 11.2 Å². The van der Waals surface area contributed by atoms with Gasteiger partial charge in [-0.1, -0.05) is 50.2 Å². The van der Waals surface area contributed by atoms with Gasteiger partial charge in [-0.05, 0) is 42.2 Å². The Hall–Kier alpha value is -3.32. The lowest BCUT2D eigenvalue weighted by Crippen LogP contribution is -2.32. The average molecular weight is 465 g/mol. The number of carbonyl (C=O) groups is 1. The number of nitrogens with zero attached hydrogens (tertiary/aromatic N) is 1. The molecular formula is C26H28N2O4S. The molecule has 7 heteroatoms. The van der Waals surface area contributed by atoms with E-state index in [1.807, 2.05) is 80.6 Å². The van der Waals surface area contributed by atoms with Gasteiger partial charge in [-0.15, -0.1) is 0 Å². The summed E-state index contributed by atoms with van der Waals surface area (Å²) in [6.45, 7) is 4.30. The summed E-state index contributed by atoms with van der Waals surface area (Å²) in [5.74, 6) is 0.0120. The molecule has 1 amide bonds. The second-order valence-electron chi connectivity index (χ2n) is 8.51. The molecule has 0 unspecified atom stereocenters. The summed E-state index contributed by atoms with van der Waals surface area (Å²) in [4.78, 5) is 12.6. The Kier molecular flexibility index (Phi) is 6.42. The first-order chi connectivity index (χ1) is 15.7. The fraction of sp³-hybridized carbons (Fsp3) is 0.269. The molecule has 4 aromatic rings. The number of benzene rings is 3. The SMILES string of the molecule is CC(C)c1ccccc1N(CCCC(=O)Nc1ccc2c(c1)oc1ccccc12)S(C)(=O)=O. The summed E-state index contributed by atoms with van der Waals surface area (Å²) >= 11 is 0. The third kappa shape index (κ3) is 5.03. The highest BCUT2D eigenvalue weighted by molar-refractivity contribution is 7.92. The Bertz CT molecular complexity index is 1410. The molecule has 6 nitrogen and oxygen atoms in total. The molecule has 0 fully saturated rings. The minimum absolute atomic E-state index is 0.170. The monoisotopic (exact) mass is 464 g/mol. The molecule has 0 aliphatic heterocycles. The molecule has 0 spiro atoms. The van der Waals surface area contributed by atoms with Gasteiger partial charge in [0.05, 0.1) is 11.9 Å². The van der Waals surface area contributed by atoms with E-state index in [-0.39, 0.29) is 24.8 Å². The highest BCUT2D eigenvalue weighted by atomic mass is 32.2. The fourth-order valence-electron chi connectivity index (χ4n) is 4.08. The number of carbonyl (C=O) groups excluding carboxylic acids is 1. The van der Waals surface area contributed by atoms with E-state index in [1.165, 1.54) is 10.6 Å². The Labute approximate surface area is 194 Å². The molecule has 0 atom stereocenters. The van der Waals surface area contributed by atoms with E-state index in [9.17, 15) is 13.2 Å². The van der Waals surface area contributed by atoms with Crippen molar-refractivity contribution in [2.75, 3.05) is 22.4 Å². The number of anilines is 2. The second-order valence-corrected chi connectivity index (χ2v) is 10.4. The zero-order chi connectivity index (χ0) is 23.6. The lowest BCUT2D eigenvalue weighted by atomic mass is 10.0. The van der Waals surface area contributed by atoms with E-state index in [0.29, 0.717) is 23.4 Å². The van der Waals surface area contributed by atoms with Crippen molar-refractivity contribution < 1.29 is 17.6 Å². The molecule has 172 valence electrons. The number of para-hydroxylation sites is 2. The Morgan fingerprint density at radius 3 is 2.42 bits per heavy atom. The van der Waals surface area contributed by atoms with Crippen LogP contribution in [-0.4, -0.2) is 27.1 Å². The number of fused-ring (bicyclic) bond motifs is 3. The third-order valence-electron chi connectivity index (χ3n) is 5.66. The first kappa shape index (κ1) is 22.9. The zero-order valence-electron chi connectivity index (χ0n) is 19.0. The van der Waals surface area contributed by atoms with Crippen molar-refractivity contribution in [3.05, 3.63) is 72.3 Å². The standard InChI is InChI=1S/C26H28N2O4S/c1-18(2)20-9-4-6-11-23(20)28(33(3,30)31)16-8-13-26(29)27-19-14-15-22-21-10-5-7-12-24(21)32-25(22)17-19/h4-7,9-12,14-15,17-18H,8,13,16H2,1-3H3,(H,27,29). The van der Waals surface area contributed by atoms with Crippen LogP contribution in [0.4, 0.5) is 11.4 Å². The van der Waals surface area contributed by atoms with Gasteiger partial charge in [-0.25, -0.2) is 8.42 Å². The van der Waals surface area contributed by atoms with Gasteiger partial charge >= 0.3 is 0 Å². The quantitative estimate of drug-likeness (QED) is 0.352. The van der Waals surface area contributed by atoms with Crippen molar-refractivity contribution in [1.82, 2.24) is 0 Å². The zero-order valence-corrected chi connectivity index (χ0v) is 19.9. The number of sulfonamides is 1. The van der Waals surface area contributed by atoms with Crippen molar-refractivity contribution >= 4 is 49.2 Å². The summed E-state index contributed by atoms with van der Waals surface area (Å²) in [6, 6.07) is 20.9. The number of rotatable bonds is 8. The van der Waals surface area contributed by atoms with Crippen LogP contribution in [0, 0.1) is 0 Å². The van der Waals surface area contributed by atoms with Gasteiger partial charge in [-0.2, -0.15) is 0 Å². The van der Waals surface area contributed by atoms with E-state index in [2.05, 4.69) is 5.32 Å². The van der Waals surface area contributed by atoms with E-state index < -0.39 is 10.0 Å². The number of amides is 1. The maximum atomic E-state index is 12.6. The van der Waals surface area contributed by atoms with Crippen LogP contribution in [0.5, 0.6) is 0 Å². The normalized spacial score (nSPS) is 11.9. The summed E-state index contributed by atoms with van der Waals surface area (Å²) < 4.78 is 32.3. The number of furan rings is 1. The molecule has 0 bridgehead atoms. The van der Waals surface area contributed by atoms with Gasteiger partial charge in [0.25, 0.3) is 0 Å². The highest BCUT2D eigenvalue weighted by Gasteiger charge is 2.21. The van der Waals surface area contributed by atoms with Crippen molar-refractivity contribution in [2.24, 2.45) is 0 Å². The lowest BCUT2D eigenvalue weighted by Gasteiger charge is -2.26. The topological polar surface area (TPSA) is 79.6 Å². The maximum Gasteiger partial charge on any atom is 0.232 e. The molecule has 1 heterocycles. The molecule has 0 radical (unpaired) electrons. The van der Waals surface area contributed by atoms with Gasteiger partial charge in [0.15, 0.2) is 0 Å². The molecule has 0 aliphatic rings. The van der Waals surface area contributed by atoms with E-state index in [1.54, 1.807) is 0 Å². The van der Waals surface area contributed by atoms with Crippen LogP contribution in [0.15, 0.2) is 71.1 Å². The smallest absolute Gasteiger partial charge is 0.232 e. The van der Waals surface area contributed by atoms with Crippen molar-refractivity contribution in [1.29, 1.82) is 0 Å². The Balaban J connectivity index is 1.43. The predicted octanol–water partition coefficient (Wildman–Crippen LogP) is 5.89. The summed E-state index contributed by atoms with van der Waals surface area (Å²) in [7, 11) is -3.48. The molecule has 3 aromatic carbocycles. The number of nitrogens with one attached hydrogen (secondary N) is 1. The number of hydrogen-bond donors (Lipinski definition) is 1. The Morgan fingerprint density at radius 1 is 0.970 bits per heavy atom. The van der Waals surface area contributed by atoms with Gasteiger partial charge < -0.3 is 9.73 Å². The van der Waals surface area contributed by atoms with Gasteiger partial charge in [0, 0.05) is 35.5 Å². The summed E-state index contributed by atoms with van der Waals surface area (Å²) in [6.07, 6.45) is 1.80. The molecule has 0 saturated heterocycles. The molecule has 4 rings (SSSR count). The molecule has 1 aromatic heterocycles. The van der Waals surface area contributed by atoms with Crippen LogP contribution in [0.1, 0.15) is 38.2 Å². The third-order valence-corrected chi connectivity index (χ3v) is 6.84. The summed E-state index contributed by atoms with van der Waals surface area (Å²) in [5.41, 5.74) is 3.80. The van der Waals surface area contributed by atoms with E-state index in [4.69, 9.17) is 4.42 Å². The fourth-order valence-corrected chi connectivity index (χ4v) is 5.06.